The summed E-state index contributed by atoms with van der Waals surface area (Å²) in [5.74, 6) is 0.577. The van der Waals surface area contributed by atoms with E-state index in [4.69, 9.17) is 4.74 Å². The van der Waals surface area contributed by atoms with Crippen molar-refractivity contribution in [2.45, 2.75) is 45.4 Å². The summed E-state index contributed by atoms with van der Waals surface area (Å²) in [6.07, 6.45) is 1.95. The van der Waals surface area contributed by atoms with Gasteiger partial charge in [-0.25, -0.2) is 4.79 Å². The molecular formula is C17H26N2O3S. The molecule has 0 aliphatic carbocycles. The summed E-state index contributed by atoms with van der Waals surface area (Å²) < 4.78 is 5.22. The molecule has 0 fully saturated rings. The van der Waals surface area contributed by atoms with Crippen molar-refractivity contribution >= 4 is 23.8 Å². The Hall–Kier alpha value is -1.69. The Morgan fingerprint density at radius 2 is 1.87 bits per heavy atom. The van der Waals surface area contributed by atoms with Gasteiger partial charge in [0.05, 0.1) is 0 Å². The second kappa shape index (κ2) is 9.45. The monoisotopic (exact) mass is 338 g/mol. The van der Waals surface area contributed by atoms with E-state index in [-0.39, 0.29) is 5.91 Å². The van der Waals surface area contributed by atoms with Gasteiger partial charge in [0.1, 0.15) is 11.6 Å². The van der Waals surface area contributed by atoms with E-state index in [1.807, 2.05) is 36.6 Å². The summed E-state index contributed by atoms with van der Waals surface area (Å²) in [7, 11) is 0. The first-order valence-electron chi connectivity index (χ1n) is 7.62. The second-order valence-electron chi connectivity index (χ2n) is 6.18. The lowest BCUT2D eigenvalue weighted by Crippen LogP contribution is -2.48. The van der Waals surface area contributed by atoms with E-state index < -0.39 is 17.7 Å². The molecule has 0 aromatic heterocycles. The first-order valence-corrected chi connectivity index (χ1v) is 9.01. The highest BCUT2D eigenvalue weighted by atomic mass is 32.2. The summed E-state index contributed by atoms with van der Waals surface area (Å²) in [4.78, 5) is 24.2. The van der Waals surface area contributed by atoms with Gasteiger partial charge in [-0.05, 0) is 44.8 Å². The van der Waals surface area contributed by atoms with Crippen molar-refractivity contribution in [3.63, 3.8) is 0 Å². The molecule has 0 aliphatic heterocycles. The number of thioether (sulfide) groups is 1. The molecule has 2 amide bonds. The third kappa shape index (κ3) is 8.50. The fraction of sp³-hybridized carbons (Fsp3) is 0.529. The minimum Gasteiger partial charge on any atom is -0.444 e. The number of carbonyl (C=O) groups excluding carboxylic acids is 2. The maximum absolute atomic E-state index is 12.3. The predicted octanol–water partition coefficient (Wildman–Crippen LogP) is 2.95. The zero-order valence-corrected chi connectivity index (χ0v) is 15.0. The average molecular weight is 338 g/mol. The highest BCUT2D eigenvalue weighted by molar-refractivity contribution is 7.98. The van der Waals surface area contributed by atoms with Crippen LogP contribution in [0.25, 0.3) is 0 Å². The molecule has 1 rings (SSSR count). The topological polar surface area (TPSA) is 67.4 Å². The maximum atomic E-state index is 12.3. The predicted molar refractivity (Wildman–Crippen MR) is 94.4 cm³/mol. The van der Waals surface area contributed by atoms with Crippen molar-refractivity contribution in [3.05, 3.63) is 35.9 Å². The number of rotatable bonds is 7. The smallest absolute Gasteiger partial charge is 0.408 e. The number of ether oxygens (including phenoxy) is 1. The van der Waals surface area contributed by atoms with Crippen LogP contribution in [0.15, 0.2) is 30.3 Å². The Kier molecular flexibility index (Phi) is 7.95. The van der Waals surface area contributed by atoms with Crippen molar-refractivity contribution in [2.75, 3.05) is 12.0 Å². The molecule has 5 nitrogen and oxygen atoms in total. The average Bonchev–Trinajstić information content (AvgIpc) is 2.48. The van der Waals surface area contributed by atoms with E-state index in [1.54, 1.807) is 32.5 Å². The van der Waals surface area contributed by atoms with Gasteiger partial charge in [0.2, 0.25) is 5.91 Å². The summed E-state index contributed by atoms with van der Waals surface area (Å²) in [5, 5.41) is 5.52. The number of benzene rings is 1. The van der Waals surface area contributed by atoms with Gasteiger partial charge in [0, 0.05) is 6.54 Å². The van der Waals surface area contributed by atoms with Crippen LogP contribution in [0.2, 0.25) is 0 Å². The highest BCUT2D eigenvalue weighted by Crippen LogP contribution is 2.08. The normalized spacial score (nSPS) is 12.3. The van der Waals surface area contributed by atoms with Crippen molar-refractivity contribution < 1.29 is 14.3 Å². The lowest BCUT2D eigenvalue weighted by Gasteiger charge is -2.23. The SMILES string of the molecule is CSCCC(NC(=O)OC(C)(C)C)C(=O)NCc1ccccc1. The van der Waals surface area contributed by atoms with Gasteiger partial charge in [-0.1, -0.05) is 30.3 Å². The van der Waals surface area contributed by atoms with Gasteiger partial charge < -0.3 is 15.4 Å². The molecule has 1 atom stereocenters. The Bertz CT molecular complexity index is 500. The van der Waals surface area contributed by atoms with Gasteiger partial charge in [0.15, 0.2) is 0 Å². The Balaban J connectivity index is 2.57. The quantitative estimate of drug-likeness (QED) is 0.802. The van der Waals surface area contributed by atoms with Crippen LogP contribution in [-0.2, 0) is 16.1 Å². The molecule has 1 aromatic rings. The van der Waals surface area contributed by atoms with E-state index in [9.17, 15) is 9.59 Å². The van der Waals surface area contributed by atoms with Crippen LogP contribution in [0.4, 0.5) is 4.79 Å². The van der Waals surface area contributed by atoms with Crippen LogP contribution in [0.5, 0.6) is 0 Å². The van der Waals surface area contributed by atoms with Crippen molar-refractivity contribution in [1.29, 1.82) is 0 Å². The molecule has 1 unspecified atom stereocenters. The Morgan fingerprint density at radius 1 is 1.22 bits per heavy atom. The van der Waals surface area contributed by atoms with Crippen molar-refractivity contribution in [2.24, 2.45) is 0 Å². The number of alkyl carbamates (subject to hydrolysis) is 1. The van der Waals surface area contributed by atoms with Gasteiger partial charge in [0.25, 0.3) is 0 Å². The molecule has 0 aliphatic rings. The summed E-state index contributed by atoms with van der Waals surface area (Å²) in [5.41, 5.74) is 0.427. The van der Waals surface area contributed by atoms with Crippen LogP contribution >= 0.6 is 11.8 Å². The summed E-state index contributed by atoms with van der Waals surface area (Å²) in [6.45, 7) is 5.81. The van der Waals surface area contributed by atoms with Gasteiger partial charge in [-0.3, -0.25) is 4.79 Å². The number of hydrogen-bond donors (Lipinski definition) is 2. The number of hydrogen-bond acceptors (Lipinski definition) is 4. The van der Waals surface area contributed by atoms with Crippen LogP contribution < -0.4 is 10.6 Å². The molecule has 0 radical (unpaired) electrons. The van der Waals surface area contributed by atoms with Gasteiger partial charge >= 0.3 is 6.09 Å². The lowest BCUT2D eigenvalue weighted by molar-refractivity contribution is -0.123. The Morgan fingerprint density at radius 3 is 2.43 bits per heavy atom. The minimum absolute atomic E-state index is 0.200. The van der Waals surface area contributed by atoms with Crippen LogP contribution in [0, 0.1) is 0 Å². The molecule has 0 heterocycles. The minimum atomic E-state index is -0.596. The molecule has 128 valence electrons. The van der Waals surface area contributed by atoms with Gasteiger partial charge in [-0.15, -0.1) is 0 Å². The van der Waals surface area contributed by atoms with E-state index in [1.165, 1.54) is 0 Å². The third-order valence-electron chi connectivity index (χ3n) is 2.93. The zero-order chi connectivity index (χ0) is 17.3. The van der Waals surface area contributed by atoms with Crippen molar-refractivity contribution in [1.82, 2.24) is 10.6 Å². The molecule has 23 heavy (non-hydrogen) atoms. The van der Waals surface area contributed by atoms with Crippen molar-refractivity contribution in [3.8, 4) is 0 Å². The van der Waals surface area contributed by atoms with Crippen LogP contribution in [0.3, 0.4) is 0 Å². The molecule has 0 saturated heterocycles. The molecule has 0 bridgehead atoms. The molecule has 0 spiro atoms. The summed E-state index contributed by atoms with van der Waals surface area (Å²) in [6, 6.07) is 9.06. The standard InChI is InChI=1S/C17H26N2O3S/c1-17(2,3)22-16(21)19-14(10-11-23-4)15(20)18-12-13-8-6-5-7-9-13/h5-9,14H,10-12H2,1-4H3,(H,18,20)(H,19,21). The number of carbonyl (C=O) groups is 2. The molecular weight excluding hydrogens is 312 g/mol. The Labute approximate surface area is 142 Å². The number of nitrogens with one attached hydrogen (secondary N) is 2. The summed E-state index contributed by atoms with van der Waals surface area (Å²) >= 11 is 1.63. The number of amides is 2. The zero-order valence-electron chi connectivity index (χ0n) is 14.2. The highest BCUT2D eigenvalue weighted by Gasteiger charge is 2.23. The van der Waals surface area contributed by atoms with Gasteiger partial charge in [-0.2, -0.15) is 11.8 Å². The first kappa shape index (κ1) is 19.4. The van der Waals surface area contributed by atoms with E-state index in [0.29, 0.717) is 13.0 Å². The maximum Gasteiger partial charge on any atom is 0.408 e. The molecule has 0 saturated carbocycles. The van der Waals surface area contributed by atoms with E-state index in [0.717, 1.165) is 11.3 Å². The third-order valence-corrected chi connectivity index (χ3v) is 3.57. The second-order valence-corrected chi connectivity index (χ2v) is 7.17. The first-order chi connectivity index (χ1) is 10.8. The fourth-order valence-electron chi connectivity index (χ4n) is 1.86. The molecule has 2 N–H and O–H groups in total. The van der Waals surface area contributed by atoms with E-state index in [2.05, 4.69) is 10.6 Å². The van der Waals surface area contributed by atoms with Crippen LogP contribution in [-0.4, -0.2) is 35.7 Å². The molecule has 6 heteroatoms. The van der Waals surface area contributed by atoms with E-state index >= 15 is 0 Å². The fourth-order valence-corrected chi connectivity index (χ4v) is 2.33. The van der Waals surface area contributed by atoms with Crippen LogP contribution in [0.1, 0.15) is 32.8 Å². The molecule has 1 aromatic carbocycles. The lowest BCUT2D eigenvalue weighted by atomic mass is 10.2. The largest absolute Gasteiger partial charge is 0.444 e.